The summed E-state index contributed by atoms with van der Waals surface area (Å²) in [4.78, 5) is 25.6. The van der Waals surface area contributed by atoms with Crippen LogP contribution in [0.15, 0.2) is 30.3 Å². The zero-order chi connectivity index (χ0) is 15.3. The molecule has 0 radical (unpaired) electrons. The number of fused-ring (bicyclic) bond motifs is 1. The molecule has 2 aromatic carbocycles. The number of carbonyl (C=O) groups excluding carboxylic acids is 2. The second-order valence-electron chi connectivity index (χ2n) is 4.47. The zero-order valence-electron chi connectivity index (χ0n) is 10.4. The van der Waals surface area contributed by atoms with Crippen molar-refractivity contribution in [3.63, 3.8) is 0 Å². The molecule has 1 aliphatic rings. The molecule has 0 saturated heterocycles. The van der Waals surface area contributed by atoms with Gasteiger partial charge in [-0.05, 0) is 30.3 Å². The van der Waals surface area contributed by atoms with Crippen molar-refractivity contribution in [3.8, 4) is 0 Å². The molecular formula is C14H7Cl2FN2O2. The molecule has 0 bridgehead atoms. The van der Waals surface area contributed by atoms with Gasteiger partial charge in [0.05, 0.1) is 26.9 Å². The minimum Gasteiger partial charge on any atom is -0.399 e. The normalized spacial score (nSPS) is 13.8. The molecule has 2 N–H and O–H groups in total. The molecule has 0 aliphatic carbocycles. The first-order chi connectivity index (χ1) is 9.90. The summed E-state index contributed by atoms with van der Waals surface area (Å²) in [5, 5.41) is -0.245. The highest BCUT2D eigenvalue weighted by Crippen LogP contribution is 2.39. The molecule has 0 unspecified atom stereocenters. The van der Waals surface area contributed by atoms with Gasteiger partial charge in [-0.2, -0.15) is 0 Å². The fraction of sp³-hybridized carbons (Fsp3) is 0. The largest absolute Gasteiger partial charge is 0.399 e. The van der Waals surface area contributed by atoms with Crippen molar-refractivity contribution in [2.75, 3.05) is 10.6 Å². The van der Waals surface area contributed by atoms with E-state index in [4.69, 9.17) is 28.9 Å². The van der Waals surface area contributed by atoms with E-state index in [0.29, 0.717) is 5.69 Å². The molecule has 3 rings (SSSR count). The Balaban J connectivity index is 2.19. The van der Waals surface area contributed by atoms with Crippen LogP contribution in [-0.4, -0.2) is 11.8 Å². The van der Waals surface area contributed by atoms with Crippen LogP contribution in [0.25, 0.3) is 0 Å². The summed E-state index contributed by atoms with van der Waals surface area (Å²) in [5.74, 6) is -1.84. The standard InChI is InChI=1S/C14H7Cl2FN2O2/c15-10-3-6(17)4-11(16)12(10)19-13(20)8-2-1-7(18)5-9(8)14(19)21/h1-5H,18H2. The quantitative estimate of drug-likeness (QED) is 0.644. The van der Waals surface area contributed by atoms with Crippen molar-refractivity contribution in [3.05, 3.63) is 57.3 Å². The van der Waals surface area contributed by atoms with Crippen molar-refractivity contribution in [1.29, 1.82) is 0 Å². The van der Waals surface area contributed by atoms with E-state index in [9.17, 15) is 14.0 Å². The predicted octanol–water partition coefficient (Wildman–Crippen LogP) is 3.52. The molecule has 1 aliphatic heterocycles. The van der Waals surface area contributed by atoms with Gasteiger partial charge in [-0.25, -0.2) is 9.29 Å². The molecule has 0 aromatic heterocycles. The Morgan fingerprint density at radius 2 is 1.52 bits per heavy atom. The number of halogens is 3. The van der Waals surface area contributed by atoms with E-state index < -0.39 is 17.6 Å². The Kier molecular flexibility index (Phi) is 3.11. The summed E-state index contributed by atoms with van der Waals surface area (Å²) in [6.07, 6.45) is 0. The van der Waals surface area contributed by atoms with Crippen molar-refractivity contribution >= 4 is 46.4 Å². The molecule has 21 heavy (non-hydrogen) atoms. The fourth-order valence-corrected chi connectivity index (χ4v) is 2.84. The van der Waals surface area contributed by atoms with Gasteiger partial charge in [-0.15, -0.1) is 0 Å². The molecule has 2 amide bonds. The lowest BCUT2D eigenvalue weighted by Crippen LogP contribution is -2.30. The summed E-state index contributed by atoms with van der Waals surface area (Å²) in [6, 6.07) is 6.35. The average Bonchev–Trinajstić information content (AvgIpc) is 2.62. The van der Waals surface area contributed by atoms with Crippen molar-refractivity contribution in [2.24, 2.45) is 0 Å². The fourth-order valence-electron chi connectivity index (χ4n) is 2.21. The number of anilines is 2. The highest BCUT2D eigenvalue weighted by atomic mass is 35.5. The molecule has 2 aromatic rings. The summed E-state index contributed by atoms with van der Waals surface area (Å²) < 4.78 is 13.2. The van der Waals surface area contributed by atoms with Gasteiger partial charge in [0, 0.05) is 5.69 Å². The van der Waals surface area contributed by atoms with Gasteiger partial charge in [-0.3, -0.25) is 9.59 Å². The number of imide groups is 1. The predicted molar refractivity (Wildman–Crippen MR) is 78.4 cm³/mol. The van der Waals surface area contributed by atoms with Crippen LogP contribution in [0.2, 0.25) is 10.0 Å². The van der Waals surface area contributed by atoms with E-state index >= 15 is 0 Å². The first-order valence-electron chi connectivity index (χ1n) is 5.83. The van der Waals surface area contributed by atoms with Gasteiger partial charge in [0.25, 0.3) is 11.8 Å². The van der Waals surface area contributed by atoms with Crippen LogP contribution in [-0.2, 0) is 0 Å². The van der Waals surface area contributed by atoms with E-state index in [-0.39, 0.29) is 26.9 Å². The number of nitrogens with two attached hydrogens (primary N) is 1. The van der Waals surface area contributed by atoms with E-state index in [1.54, 1.807) is 0 Å². The second kappa shape index (κ2) is 4.72. The number of carbonyl (C=O) groups is 2. The molecular weight excluding hydrogens is 318 g/mol. The number of nitrogen functional groups attached to an aromatic ring is 1. The maximum atomic E-state index is 13.2. The summed E-state index contributed by atoms with van der Waals surface area (Å²) in [5.41, 5.74) is 6.30. The lowest BCUT2D eigenvalue weighted by Gasteiger charge is -2.17. The minimum atomic E-state index is -0.658. The number of amides is 2. The Bertz CT molecular complexity index is 785. The highest BCUT2D eigenvalue weighted by molar-refractivity contribution is 6.44. The molecule has 0 atom stereocenters. The van der Waals surface area contributed by atoms with E-state index in [1.165, 1.54) is 18.2 Å². The van der Waals surface area contributed by atoms with Gasteiger partial charge in [0.15, 0.2) is 0 Å². The number of hydrogen-bond acceptors (Lipinski definition) is 3. The smallest absolute Gasteiger partial charge is 0.266 e. The third kappa shape index (κ3) is 2.05. The van der Waals surface area contributed by atoms with Crippen LogP contribution in [0, 0.1) is 5.82 Å². The topological polar surface area (TPSA) is 63.4 Å². The molecule has 0 saturated carbocycles. The lowest BCUT2D eigenvalue weighted by molar-refractivity contribution is 0.0926. The third-order valence-electron chi connectivity index (χ3n) is 3.12. The second-order valence-corrected chi connectivity index (χ2v) is 5.28. The Morgan fingerprint density at radius 1 is 0.952 bits per heavy atom. The first-order valence-corrected chi connectivity index (χ1v) is 6.58. The number of rotatable bonds is 1. The van der Waals surface area contributed by atoms with E-state index in [0.717, 1.165) is 17.0 Å². The number of nitrogens with zero attached hydrogens (tertiary/aromatic N) is 1. The van der Waals surface area contributed by atoms with Crippen LogP contribution >= 0.6 is 23.2 Å². The minimum absolute atomic E-state index is 0.0375. The summed E-state index contributed by atoms with van der Waals surface area (Å²) >= 11 is 11.8. The maximum absolute atomic E-state index is 13.2. The first kappa shape index (κ1) is 13.9. The third-order valence-corrected chi connectivity index (χ3v) is 3.69. The Morgan fingerprint density at radius 3 is 2.14 bits per heavy atom. The van der Waals surface area contributed by atoms with Gasteiger partial charge < -0.3 is 5.73 Å². The number of hydrogen-bond donors (Lipinski definition) is 1. The summed E-state index contributed by atoms with van der Waals surface area (Å²) in [7, 11) is 0. The maximum Gasteiger partial charge on any atom is 0.266 e. The van der Waals surface area contributed by atoms with Gasteiger partial charge in [0.2, 0.25) is 0 Å². The molecule has 7 heteroatoms. The van der Waals surface area contributed by atoms with Gasteiger partial charge >= 0.3 is 0 Å². The van der Waals surface area contributed by atoms with Crippen LogP contribution in [0.1, 0.15) is 20.7 Å². The molecule has 0 spiro atoms. The van der Waals surface area contributed by atoms with Crippen LogP contribution in [0.4, 0.5) is 15.8 Å². The molecule has 1 heterocycles. The van der Waals surface area contributed by atoms with Gasteiger partial charge in [0.1, 0.15) is 5.82 Å². The SMILES string of the molecule is Nc1ccc2c(c1)C(=O)N(c1c(Cl)cc(F)cc1Cl)C2=O. The van der Waals surface area contributed by atoms with Crippen LogP contribution < -0.4 is 10.6 Å². The highest BCUT2D eigenvalue weighted by Gasteiger charge is 2.38. The molecule has 106 valence electrons. The average molecular weight is 325 g/mol. The molecule has 4 nitrogen and oxygen atoms in total. The molecule has 0 fully saturated rings. The van der Waals surface area contributed by atoms with Crippen molar-refractivity contribution in [2.45, 2.75) is 0 Å². The van der Waals surface area contributed by atoms with Crippen LogP contribution in [0.3, 0.4) is 0 Å². The summed E-state index contributed by atoms with van der Waals surface area (Å²) in [6.45, 7) is 0. The zero-order valence-corrected chi connectivity index (χ0v) is 11.9. The van der Waals surface area contributed by atoms with E-state index in [1.807, 2.05) is 0 Å². The Hall–Kier alpha value is -2.11. The van der Waals surface area contributed by atoms with Crippen molar-refractivity contribution < 1.29 is 14.0 Å². The van der Waals surface area contributed by atoms with Gasteiger partial charge in [-0.1, -0.05) is 23.2 Å². The Labute approximate surface area is 128 Å². The lowest BCUT2D eigenvalue weighted by atomic mass is 10.1. The van der Waals surface area contributed by atoms with Crippen LogP contribution in [0.5, 0.6) is 0 Å². The number of benzene rings is 2. The monoisotopic (exact) mass is 324 g/mol. The van der Waals surface area contributed by atoms with Crippen molar-refractivity contribution in [1.82, 2.24) is 0 Å². The van der Waals surface area contributed by atoms with E-state index in [2.05, 4.69) is 0 Å².